The summed E-state index contributed by atoms with van der Waals surface area (Å²) in [4.78, 5) is 17.2. The number of hydrogen-bond donors (Lipinski definition) is 4. The predicted octanol–water partition coefficient (Wildman–Crippen LogP) is 3.80. The zero-order chi connectivity index (χ0) is 17.4. The van der Waals surface area contributed by atoms with Gasteiger partial charge in [-0.2, -0.15) is 0 Å². The molecule has 140 valence electrons. The highest BCUT2D eigenvalue weighted by atomic mass is 31.2. The van der Waals surface area contributed by atoms with Crippen LogP contribution in [-0.4, -0.2) is 22.6 Å². The number of rotatable bonds is 17. The minimum absolute atomic E-state index is 0.495. The van der Waals surface area contributed by atoms with Crippen LogP contribution in [0.5, 0.6) is 0 Å². The molecule has 0 radical (unpaired) electrons. The molecule has 23 heavy (non-hydrogen) atoms. The minimum Gasteiger partial charge on any atom is -0.330 e. The molecule has 0 amide bonds. The maximum Gasteiger partial charge on any atom is 0.471 e. The summed E-state index contributed by atoms with van der Waals surface area (Å²) in [5, 5.41) is 0. The second kappa shape index (κ2) is 15.6. The van der Waals surface area contributed by atoms with Crippen molar-refractivity contribution in [3.8, 4) is 0 Å². The molecule has 0 aliphatic rings. The first-order valence-electron chi connectivity index (χ1n) is 9.15. The summed E-state index contributed by atoms with van der Waals surface area (Å²) in [5.41, 5.74) is 10.9. The molecular formula is C16H37N2O4P. The molecule has 1 unspecified atom stereocenters. The highest BCUT2D eigenvalue weighted by Gasteiger charge is 2.18. The van der Waals surface area contributed by atoms with Gasteiger partial charge in [0.1, 0.15) is 6.23 Å². The second-order valence-electron chi connectivity index (χ2n) is 6.31. The Morgan fingerprint density at radius 3 is 1.43 bits per heavy atom. The van der Waals surface area contributed by atoms with Crippen molar-refractivity contribution in [2.24, 2.45) is 11.5 Å². The van der Waals surface area contributed by atoms with E-state index >= 15 is 0 Å². The van der Waals surface area contributed by atoms with Gasteiger partial charge in [0.2, 0.25) is 0 Å². The van der Waals surface area contributed by atoms with Gasteiger partial charge < -0.3 is 21.3 Å². The van der Waals surface area contributed by atoms with Crippen molar-refractivity contribution in [1.82, 2.24) is 0 Å². The summed E-state index contributed by atoms with van der Waals surface area (Å²) in [6.45, 7) is 0.822. The fraction of sp³-hybridized carbons (Fsp3) is 1.00. The third-order valence-corrected chi connectivity index (χ3v) is 4.51. The molecule has 0 aromatic rings. The van der Waals surface area contributed by atoms with Crippen molar-refractivity contribution in [1.29, 1.82) is 0 Å². The van der Waals surface area contributed by atoms with Gasteiger partial charge in [0.15, 0.2) is 0 Å². The number of nitrogens with two attached hydrogens (primary N) is 2. The normalized spacial score (nSPS) is 13.4. The SMILES string of the molecule is NCCCCCCCCCCCCCCCC(N)OP(=O)(O)O. The number of hydrogen-bond acceptors (Lipinski definition) is 4. The maximum atomic E-state index is 10.6. The molecule has 6 N–H and O–H groups in total. The molecule has 0 aliphatic heterocycles. The van der Waals surface area contributed by atoms with E-state index in [1.807, 2.05) is 0 Å². The minimum atomic E-state index is -4.44. The first-order chi connectivity index (χ1) is 11.0. The van der Waals surface area contributed by atoms with Gasteiger partial charge in [-0.05, 0) is 25.8 Å². The van der Waals surface area contributed by atoms with Gasteiger partial charge in [-0.25, -0.2) is 4.57 Å². The van der Waals surface area contributed by atoms with E-state index in [-0.39, 0.29) is 0 Å². The molecule has 6 nitrogen and oxygen atoms in total. The Kier molecular flexibility index (Phi) is 15.6. The van der Waals surface area contributed by atoms with Crippen LogP contribution in [0.4, 0.5) is 0 Å². The third kappa shape index (κ3) is 20.0. The van der Waals surface area contributed by atoms with E-state index < -0.39 is 14.1 Å². The summed E-state index contributed by atoms with van der Waals surface area (Å²) >= 11 is 0. The molecule has 0 heterocycles. The lowest BCUT2D eigenvalue weighted by atomic mass is 10.0. The Morgan fingerprint density at radius 1 is 0.739 bits per heavy atom. The van der Waals surface area contributed by atoms with E-state index in [1.165, 1.54) is 57.8 Å². The molecule has 0 fully saturated rings. The number of unbranched alkanes of at least 4 members (excludes halogenated alkanes) is 12. The van der Waals surface area contributed by atoms with Crippen molar-refractivity contribution in [2.45, 2.75) is 96.1 Å². The van der Waals surface area contributed by atoms with Crippen LogP contribution in [0.1, 0.15) is 89.9 Å². The lowest BCUT2D eigenvalue weighted by molar-refractivity contribution is 0.129. The molecule has 0 rings (SSSR count). The zero-order valence-corrected chi connectivity index (χ0v) is 15.4. The van der Waals surface area contributed by atoms with Crippen molar-refractivity contribution >= 4 is 7.82 Å². The van der Waals surface area contributed by atoms with E-state index in [1.54, 1.807) is 0 Å². The average Bonchev–Trinajstić information content (AvgIpc) is 2.46. The maximum absolute atomic E-state index is 10.6. The quantitative estimate of drug-likeness (QED) is 0.180. The summed E-state index contributed by atoms with van der Waals surface area (Å²) < 4.78 is 15.0. The Labute approximate surface area is 141 Å². The van der Waals surface area contributed by atoms with Crippen molar-refractivity contribution in [3.63, 3.8) is 0 Å². The van der Waals surface area contributed by atoms with Crippen LogP contribution in [-0.2, 0) is 9.09 Å². The average molecular weight is 352 g/mol. The van der Waals surface area contributed by atoms with Crippen LogP contribution in [0.2, 0.25) is 0 Å². The summed E-state index contributed by atoms with van der Waals surface area (Å²) in [7, 11) is -4.44. The van der Waals surface area contributed by atoms with Gasteiger partial charge in [-0.3, -0.25) is 4.52 Å². The number of phosphoric acid groups is 1. The predicted molar refractivity (Wildman–Crippen MR) is 94.8 cm³/mol. The molecule has 0 saturated heterocycles. The molecule has 1 atom stereocenters. The largest absolute Gasteiger partial charge is 0.471 e. The Morgan fingerprint density at radius 2 is 1.09 bits per heavy atom. The van der Waals surface area contributed by atoms with Crippen LogP contribution in [0, 0.1) is 0 Å². The van der Waals surface area contributed by atoms with E-state index in [9.17, 15) is 4.57 Å². The van der Waals surface area contributed by atoms with Gasteiger partial charge in [-0.15, -0.1) is 0 Å². The summed E-state index contributed by atoms with van der Waals surface area (Å²) in [6.07, 6.45) is 15.6. The zero-order valence-electron chi connectivity index (χ0n) is 14.5. The molecule has 0 aromatic carbocycles. The summed E-state index contributed by atoms with van der Waals surface area (Å²) in [5.74, 6) is 0. The van der Waals surface area contributed by atoms with Gasteiger partial charge in [0.05, 0.1) is 0 Å². The van der Waals surface area contributed by atoms with Crippen LogP contribution >= 0.6 is 7.82 Å². The topological polar surface area (TPSA) is 119 Å². The molecule has 7 heteroatoms. The van der Waals surface area contributed by atoms with Gasteiger partial charge >= 0.3 is 7.82 Å². The van der Waals surface area contributed by atoms with Crippen molar-refractivity contribution in [3.05, 3.63) is 0 Å². The third-order valence-electron chi connectivity index (χ3n) is 3.97. The first-order valence-corrected chi connectivity index (χ1v) is 10.7. The van der Waals surface area contributed by atoms with Crippen LogP contribution in [0.3, 0.4) is 0 Å². The van der Waals surface area contributed by atoms with Gasteiger partial charge in [0.25, 0.3) is 0 Å². The van der Waals surface area contributed by atoms with Crippen LogP contribution in [0.25, 0.3) is 0 Å². The first kappa shape index (κ1) is 23.0. The lowest BCUT2D eigenvalue weighted by Crippen LogP contribution is -2.22. The molecule has 0 bridgehead atoms. The molecule has 0 aromatic heterocycles. The van der Waals surface area contributed by atoms with E-state index in [4.69, 9.17) is 21.3 Å². The van der Waals surface area contributed by atoms with Gasteiger partial charge in [-0.1, -0.05) is 70.6 Å². The van der Waals surface area contributed by atoms with E-state index in [0.717, 1.165) is 32.2 Å². The highest BCUT2D eigenvalue weighted by molar-refractivity contribution is 7.46. The molecule has 0 spiro atoms. The van der Waals surface area contributed by atoms with Crippen LogP contribution in [0.15, 0.2) is 0 Å². The Bertz CT molecular complexity index is 300. The Hall–Kier alpha value is 0.0300. The van der Waals surface area contributed by atoms with Crippen molar-refractivity contribution in [2.75, 3.05) is 6.54 Å². The fourth-order valence-corrected chi connectivity index (χ4v) is 3.12. The Balaban J connectivity index is 3.15. The monoisotopic (exact) mass is 352 g/mol. The molecule has 0 aliphatic carbocycles. The molecular weight excluding hydrogens is 315 g/mol. The molecule has 0 saturated carbocycles. The number of phosphoric ester groups is 1. The smallest absolute Gasteiger partial charge is 0.330 e. The van der Waals surface area contributed by atoms with E-state index in [2.05, 4.69) is 4.52 Å². The summed E-state index contributed by atoms with van der Waals surface area (Å²) in [6, 6.07) is 0. The van der Waals surface area contributed by atoms with Crippen molar-refractivity contribution < 1.29 is 18.9 Å². The standard InChI is InChI=1S/C16H37N2O4P/c17-15-13-11-9-7-5-3-1-2-4-6-8-10-12-14-16(18)22-23(19,20)21/h16H,1-15,17-18H2,(H2,19,20,21). The van der Waals surface area contributed by atoms with Crippen LogP contribution < -0.4 is 11.5 Å². The van der Waals surface area contributed by atoms with Gasteiger partial charge in [0, 0.05) is 0 Å². The second-order valence-corrected chi connectivity index (χ2v) is 7.50. The van der Waals surface area contributed by atoms with E-state index in [0.29, 0.717) is 6.42 Å². The highest BCUT2D eigenvalue weighted by Crippen LogP contribution is 2.37. The lowest BCUT2D eigenvalue weighted by Gasteiger charge is -2.12. The fourth-order valence-electron chi connectivity index (χ4n) is 2.66.